The predicted octanol–water partition coefficient (Wildman–Crippen LogP) is 6.59. The molecule has 164 valence electrons. The third kappa shape index (κ3) is 3.79. The van der Waals surface area contributed by atoms with Gasteiger partial charge in [0.25, 0.3) is 0 Å². The molecule has 0 radical (unpaired) electrons. The third-order valence-electron chi connectivity index (χ3n) is 3.43. The summed E-state index contributed by atoms with van der Waals surface area (Å²) < 4.78 is 183. The summed E-state index contributed by atoms with van der Waals surface area (Å²) in [6.07, 6.45) is -12.4. The summed E-state index contributed by atoms with van der Waals surface area (Å²) >= 11 is 0. The van der Waals surface area contributed by atoms with Crippen molar-refractivity contribution in [1.29, 1.82) is 0 Å². The number of aliphatic imine (C=N–C) groups is 1. The molecule has 0 spiro atoms. The standard InChI is InChI=1S/C15HF14N/c16-5-2(6(17)8(19)3(7(5)18)14(24,25)26)1-30-13-11(22)9(20)4(15(27,28)29)10(21)12(13)23/h1H. The summed E-state index contributed by atoms with van der Waals surface area (Å²) in [5.41, 5.74) is -10.4. The van der Waals surface area contributed by atoms with E-state index in [1.54, 1.807) is 0 Å². The van der Waals surface area contributed by atoms with E-state index in [4.69, 9.17) is 0 Å². The van der Waals surface area contributed by atoms with Gasteiger partial charge in [-0.15, -0.1) is 0 Å². The first-order valence-electron chi connectivity index (χ1n) is 6.92. The molecule has 2 aromatic carbocycles. The van der Waals surface area contributed by atoms with Crippen LogP contribution in [0.15, 0.2) is 4.99 Å². The lowest BCUT2D eigenvalue weighted by Gasteiger charge is -2.13. The Balaban J connectivity index is 2.73. The maximum absolute atomic E-state index is 13.7. The highest BCUT2D eigenvalue weighted by Crippen LogP contribution is 2.40. The highest BCUT2D eigenvalue weighted by Gasteiger charge is 2.43. The molecule has 1 nitrogen and oxygen atoms in total. The Kier molecular flexibility index (Phi) is 5.80. The van der Waals surface area contributed by atoms with E-state index in [0.717, 1.165) is 0 Å². The molecule has 0 saturated carbocycles. The topological polar surface area (TPSA) is 12.4 Å². The van der Waals surface area contributed by atoms with E-state index in [1.807, 2.05) is 0 Å². The molecule has 0 unspecified atom stereocenters. The molecule has 0 aliphatic rings. The van der Waals surface area contributed by atoms with Crippen LogP contribution in [0.4, 0.5) is 67.2 Å². The second-order valence-corrected chi connectivity index (χ2v) is 5.28. The number of halogens is 14. The molecule has 0 amide bonds. The molecular formula is C15HF14N. The van der Waals surface area contributed by atoms with E-state index in [-0.39, 0.29) is 0 Å². The van der Waals surface area contributed by atoms with Crippen molar-refractivity contribution < 1.29 is 61.5 Å². The maximum Gasteiger partial charge on any atom is 0.422 e. The highest BCUT2D eigenvalue weighted by atomic mass is 19.4. The van der Waals surface area contributed by atoms with Crippen molar-refractivity contribution in [2.24, 2.45) is 4.99 Å². The second-order valence-electron chi connectivity index (χ2n) is 5.28. The summed E-state index contributed by atoms with van der Waals surface area (Å²) in [4.78, 5) is 2.40. The Morgan fingerprint density at radius 3 is 1.07 bits per heavy atom. The Labute approximate surface area is 155 Å². The smallest absolute Gasteiger partial charge is 0.250 e. The first-order chi connectivity index (χ1) is 13.5. The molecule has 30 heavy (non-hydrogen) atoms. The molecule has 0 fully saturated rings. The van der Waals surface area contributed by atoms with Crippen molar-refractivity contribution in [3.05, 3.63) is 63.2 Å². The maximum atomic E-state index is 13.7. The van der Waals surface area contributed by atoms with E-state index in [0.29, 0.717) is 0 Å². The molecule has 0 bridgehead atoms. The van der Waals surface area contributed by atoms with E-state index in [9.17, 15) is 61.5 Å². The first kappa shape index (κ1) is 23.4. The first-order valence-corrected chi connectivity index (χ1v) is 6.92. The fourth-order valence-corrected chi connectivity index (χ4v) is 2.12. The molecule has 15 heteroatoms. The van der Waals surface area contributed by atoms with Crippen LogP contribution in [0.25, 0.3) is 0 Å². The van der Waals surface area contributed by atoms with Gasteiger partial charge in [0, 0.05) is 6.21 Å². The van der Waals surface area contributed by atoms with Crippen LogP contribution >= 0.6 is 0 Å². The van der Waals surface area contributed by atoms with Crippen LogP contribution in [-0.4, -0.2) is 6.21 Å². The molecule has 0 aliphatic heterocycles. The predicted molar refractivity (Wildman–Crippen MR) is 69.8 cm³/mol. The van der Waals surface area contributed by atoms with Gasteiger partial charge in [0.05, 0.1) is 5.56 Å². The van der Waals surface area contributed by atoms with E-state index in [2.05, 4.69) is 4.99 Å². The number of benzene rings is 2. The molecular weight excluding hydrogens is 460 g/mol. The molecule has 0 N–H and O–H groups in total. The number of hydrogen-bond donors (Lipinski definition) is 0. The third-order valence-corrected chi connectivity index (χ3v) is 3.43. The van der Waals surface area contributed by atoms with Gasteiger partial charge in [0.1, 0.15) is 16.8 Å². The van der Waals surface area contributed by atoms with Crippen LogP contribution < -0.4 is 0 Å². The average molecular weight is 461 g/mol. The lowest BCUT2D eigenvalue weighted by atomic mass is 10.1. The quantitative estimate of drug-likeness (QED) is 0.272. The Morgan fingerprint density at radius 1 is 0.467 bits per heavy atom. The second kappa shape index (κ2) is 7.43. The van der Waals surface area contributed by atoms with Crippen LogP contribution in [0.1, 0.15) is 16.7 Å². The molecule has 0 aliphatic carbocycles. The Morgan fingerprint density at radius 2 is 0.767 bits per heavy atom. The zero-order chi connectivity index (χ0) is 23.3. The molecule has 2 aromatic rings. The van der Waals surface area contributed by atoms with Crippen molar-refractivity contribution in [1.82, 2.24) is 0 Å². The van der Waals surface area contributed by atoms with Gasteiger partial charge < -0.3 is 0 Å². The lowest BCUT2D eigenvalue weighted by Crippen LogP contribution is -2.17. The van der Waals surface area contributed by atoms with Gasteiger partial charge in [-0.05, 0) is 0 Å². The largest absolute Gasteiger partial charge is 0.422 e. The van der Waals surface area contributed by atoms with E-state index < -0.39 is 87.5 Å². The van der Waals surface area contributed by atoms with Crippen LogP contribution in [0.3, 0.4) is 0 Å². The zero-order valence-corrected chi connectivity index (χ0v) is 13.3. The highest BCUT2D eigenvalue weighted by molar-refractivity contribution is 5.83. The summed E-state index contributed by atoms with van der Waals surface area (Å²) in [7, 11) is 0. The van der Waals surface area contributed by atoms with Gasteiger partial charge in [-0.1, -0.05) is 0 Å². The number of rotatable bonds is 2. The van der Waals surface area contributed by atoms with Crippen molar-refractivity contribution in [3.63, 3.8) is 0 Å². The van der Waals surface area contributed by atoms with Gasteiger partial charge in [0.2, 0.25) is 0 Å². The van der Waals surface area contributed by atoms with Gasteiger partial charge >= 0.3 is 12.4 Å². The Hall–Kier alpha value is -2.87. The lowest BCUT2D eigenvalue weighted by molar-refractivity contribution is -0.144. The molecule has 0 aromatic heterocycles. The summed E-state index contributed by atoms with van der Waals surface area (Å²) in [6, 6.07) is 0. The van der Waals surface area contributed by atoms with Crippen LogP contribution in [0.2, 0.25) is 0 Å². The minimum atomic E-state index is -5.92. The average Bonchev–Trinajstić information content (AvgIpc) is 2.58. The number of alkyl halides is 6. The normalized spacial score (nSPS) is 12.9. The number of nitrogens with zero attached hydrogens (tertiary/aromatic N) is 1. The van der Waals surface area contributed by atoms with Crippen LogP contribution in [0, 0.1) is 46.5 Å². The Bertz CT molecular complexity index is 906. The number of hydrogen-bond acceptors (Lipinski definition) is 1. The van der Waals surface area contributed by atoms with Gasteiger partial charge in [0.15, 0.2) is 46.5 Å². The van der Waals surface area contributed by atoms with Gasteiger partial charge in [-0.2, -0.15) is 26.3 Å². The van der Waals surface area contributed by atoms with Gasteiger partial charge in [-0.25, -0.2) is 40.1 Å². The molecule has 0 heterocycles. The van der Waals surface area contributed by atoms with Crippen molar-refractivity contribution >= 4 is 11.9 Å². The molecule has 0 saturated heterocycles. The van der Waals surface area contributed by atoms with Crippen LogP contribution in [0.5, 0.6) is 0 Å². The minimum Gasteiger partial charge on any atom is -0.250 e. The van der Waals surface area contributed by atoms with Crippen LogP contribution in [-0.2, 0) is 12.4 Å². The summed E-state index contributed by atoms with van der Waals surface area (Å²) in [5, 5.41) is 0. The van der Waals surface area contributed by atoms with Crippen molar-refractivity contribution in [2.45, 2.75) is 12.4 Å². The van der Waals surface area contributed by atoms with E-state index >= 15 is 0 Å². The summed E-state index contributed by atoms with van der Waals surface area (Å²) in [5.74, 6) is -23.2. The molecule has 0 atom stereocenters. The zero-order valence-electron chi connectivity index (χ0n) is 13.3. The minimum absolute atomic E-state index is 0.579. The monoisotopic (exact) mass is 461 g/mol. The van der Waals surface area contributed by atoms with Crippen molar-refractivity contribution in [2.75, 3.05) is 0 Å². The fraction of sp³-hybridized carbons (Fsp3) is 0.133. The summed E-state index contributed by atoms with van der Waals surface area (Å²) in [6.45, 7) is 0. The van der Waals surface area contributed by atoms with Gasteiger partial charge in [-0.3, -0.25) is 0 Å². The SMILES string of the molecule is Fc1c(F)c(C(F)(F)F)c(F)c(F)c1C=Nc1c(F)c(F)c(C(F)(F)F)c(F)c1F. The molecule has 2 rings (SSSR count). The van der Waals surface area contributed by atoms with E-state index in [1.165, 1.54) is 0 Å². The fourth-order valence-electron chi connectivity index (χ4n) is 2.12. The van der Waals surface area contributed by atoms with Crippen molar-refractivity contribution in [3.8, 4) is 0 Å².